The summed E-state index contributed by atoms with van der Waals surface area (Å²) in [6, 6.07) is 17.4. The number of aromatic nitrogens is 1. The molecule has 0 spiro atoms. The molecule has 2 rings (SSSR count). The van der Waals surface area contributed by atoms with Gasteiger partial charge in [0.25, 0.3) is 0 Å². The molecule has 0 aliphatic rings. The maximum absolute atomic E-state index is 4.52. The van der Waals surface area contributed by atoms with Crippen LogP contribution in [0.25, 0.3) is 0 Å². The third-order valence-electron chi connectivity index (χ3n) is 4.00. The molecule has 1 aromatic carbocycles. The van der Waals surface area contributed by atoms with Gasteiger partial charge >= 0.3 is 0 Å². The molecular weight excluding hydrogens is 256 g/mol. The van der Waals surface area contributed by atoms with E-state index in [1.54, 1.807) is 0 Å². The van der Waals surface area contributed by atoms with Crippen LogP contribution in [0.15, 0.2) is 54.7 Å². The third-order valence-corrected chi connectivity index (χ3v) is 4.00. The zero-order valence-electron chi connectivity index (χ0n) is 13.1. The zero-order chi connectivity index (χ0) is 14.9. The molecule has 112 valence electrons. The monoisotopic (exact) mass is 282 g/mol. The largest absolute Gasteiger partial charge is 0.313 e. The standard InChI is InChI=1S/C19H26N2/c1-3-14-20-19(13-12-17-9-5-4-6-10-17)16(2)18-11-7-8-15-21-18/h4-11,15-16,19-20H,3,12-14H2,1-2H3. The first-order valence-electron chi connectivity index (χ1n) is 7.99. The van der Waals surface area contributed by atoms with Gasteiger partial charge in [0.05, 0.1) is 0 Å². The molecular formula is C19H26N2. The number of rotatable bonds is 8. The predicted molar refractivity (Wildman–Crippen MR) is 89.5 cm³/mol. The van der Waals surface area contributed by atoms with Gasteiger partial charge in [0.2, 0.25) is 0 Å². The van der Waals surface area contributed by atoms with E-state index < -0.39 is 0 Å². The maximum Gasteiger partial charge on any atom is 0.0447 e. The average molecular weight is 282 g/mol. The molecule has 0 radical (unpaired) electrons. The summed E-state index contributed by atoms with van der Waals surface area (Å²) in [5.41, 5.74) is 2.59. The van der Waals surface area contributed by atoms with E-state index in [9.17, 15) is 0 Å². The highest BCUT2D eigenvalue weighted by Gasteiger charge is 2.19. The first-order valence-corrected chi connectivity index (χ1v) is 7.99. The second kappa shape index (κ2) is 8.58. The van der Waals surface area contributed by atoms with Crippen molar-refractivity contribution in [3.05, 3.63) is 66.0 Å². The van der Waals surface area contributed by atoms with Crippen LogP contribution in [0.1, 0.15) is 43.9 Å². The lowest BCUT2D eigenvalue weighted by Crippen LogP contribution is -2.35. The number of aryl methyl sites for hydroxylation is 1. The van der Waals surface area contributed by atoms with Gasteiger partial charge in [0.1, 0.15) is 0 Å². The fraction of sp³-hybridized carbons (Fsp3) is 0.421. The predicted octanol–water partition coefficient (Wildman–Crippen LogP) is 4.19. The van der Waals surface area contributed by atoms with E-state index in [2.05, 4.69) is 66.6 Å². The van der Waals surface area contributed by atoms with E-state index >= 15 is 0 Å². The van der Waals surface area contributed by atoms with E-state index in [-0.39, 0.29) is 0 Å². The Balaban J connectivity index is 2.00. The van der Waals surface area contributed by atoms with Crippen molar-refractivity contribution >= 4 is 0 Å². The van der Waals surface area contributed by atoms with Crippen molar-refractivity contribution in [3.8, 4) is 0 Å². The molecule has 2 nitrogen and oxygen atoms in total. The van der Waals surface area contributed by atoms with Gasteiger partial charge < -0.3 is 5.32 Å². The molecule has 2 atom stereocenters. The summed E-state index contributed by atoms with van der Waals surface area (Å²) in [7, 11) is 0. The van der Waals surface area contributed by atoms with Crippen LogP contribution in [-0.4, -0.2) is 17.6 Å². The molecule has 1 N–H and O–H groups in total. The molecule has 1 heterocycles. The Bertz CT molecular complexity index is 495. The topological polar surface area (TPSA) is 24.9 Å². The van der Waals surface area contributed by atoms with Crippen molar-refractivity contribution in [2.45, 2.75) is 45.1 Å². The lowest BCUT2D eigenvalue weighted by molar-refractivity contribution is 0.419. The first kappa shape index (κ1) is 15.7. The summed E-state index contributed by atoms with van der Waals surface area (Å²) in [5.74, 6) is 0.432. The number of pyridine rings is 1. The summed E-state index contributed by atoms with van der Waals surface area (Å²) in [4.78, 5) is 4.52. The molecule has 1 aromatic heterocycles. The summed E-state index contributed by atoms with van der Waals surface area (Å²) >= 11 is 0. The highest BCUT2D eigenvalue weighted by molar-refractivity contribution is 5.16. The Morgan fingerprint density at radius 3 is 2.48 bits per heavy atom. The van der Waals surface area contributed by atoms with Gasteiger partial charge in [-0.3, -0.25) is 4.98 Å². The summed E-state index contributed by atoms with van der Waals surface area (Å²) in [6.07, 6.45) is 5.30. The molecule has 0 fully saturated rings. The van der Waals surface area contributed by atoms with Crippen molar-refractivity contribution in [2.75, 3.05) is 6.54 Å². The van der Waals surface area contributed by atoms with Crippen LogP contribution in [0.4, 0.5) is 0 Å². The number of benzene rings is 1. The van der Waals surface area contributed by atoms with E-state index in [1.165, 1.54) is 11.3 Å². The van der Waals surface area contributed by atoms with Gasteiger partial charge in [0.15, 0.2) is 0 Å². The van der Waals surface area contributed by atoms with Crippen molar-refractivity contribution in [3.63, 3.8) is 0 Å². The Kier molecular flexibility index (Phi) is 6.42. The van der Waals surface area contributed by atoms with Gasteiger partial charge in [0, 0.05) is 23.9 Å². The Labute approximate surface area is 128 Å². The highest BCUT2D eigenvalue weighted by Crippen LogP contribution is 2.20. The molecule has 0 aliphatic heterocycles. The fourth-order valence-electron chi connectivity index (χ4n) is 2.68. The van der Waals surface area contributed by atoms with Crippen LogP contribution in [0.3, 0.4) is 0 Å². The van der Waals surface area contributed by atoms with Crippen LogP contribution in [0.2, 0.25) is 0 Å². The Morgan fingerprint density at radius 1 is 1.05 bits per heavy atom. The third kappa shape index (κ3) is 4.98. The van der Waals surface area contributed by atoms with Gasteiger partial charge in [-0.2, -0.15) is 0 Å². The SMILES string of the molecule is CCCNC(CCc1ccccc1)C(C)c1ccccn1. The zero-order valence-corrected chi connectivity index (χ0v) is 13.1. The quantitative estimate of drug-likeness (QED) is 0.785. The van der Waals surface area contributed by atoms with Crippen LogP contribution in [-0.2, 0) is 6.42 Å². The number of nitrogens with zero attached hydrogens (tertiary/aromatic N) is 1. The van der Waals surface area contributed by atoms with Gasteiger partial charge in [-0.15, -0.1) is 0 Å². The Morgan fingerprint density at radius 2 is 1.81 bits per heavy atom. The fourth-order valence-corrected chi connectivity index (χ4v) is 2.68. The molecule has 0 saturated heterocycles. The van der Waals surface area contributed by atoms with Gasteiger partial charge in [-0.25, -0.2) is 0 Å². The van der Waals surface area contributed by atoms with Gasteiger partial charge in [-0.05, 0) is 43.5 Å². The van der Waals surface area contributed by atoms with Crippen LogP contribution >= 0.6 is 0 Å². The average Bonchev–Trinajstić information content (AvgIpc) is 2.56. The van der Waals surface area contributed by atoms with E-state index in [1.807, 2.05) is 12.3 Å². The van der Waals surface area contributed by atoms with Crippen molar-refractivity contribution in [1.29, 1.82) is 0 Å². The molecule has 0 bridgehead atoms. The van der Waals surface area contributed by atoms with Crippen LogP contribution < -0.4 is 5.32 Å². The second-order valence-electron chi connectivity index (χ2n) is 5.63. The van der Waals surface area contributed by atoms with Crippen molar-refractivity contribution in [1.82, 2.24) is 10.3 Å². The minimum atomic E-state index is 0.432. The van der Waals surface area contributed by atoms with Crippen LogP contribution in [0.5, 0.6) is 0 Å². The van der Waals surface area contributed by atoms with E-state index in [0.717, 1.165) is 25.8 Å². The first-order chi connectivity index (χ1) is 10.3. The second-order valence-corrected chi connectivity index (χ2v) is 5.63. The van der Waals surface area contributed by atoms with E-state index in [0.29, 0.717) is 12.0 Å². The van der Waals surface area contributed by atoms with Gasteiger partial charge in [-0.1, -0.05) is 50.2 Å². The molecule has 0 saturated carbocycles. The summed E-state index contributed by atoms with van der Waals surface area (Å²) < 4.78 is 0. The van der Waals surface area contributed by atoms with E-state index in [4.69, 9.17) is 0 Å². The normalized spacial score (nSPS) is 13.8. The minimum absolute atomic E-state index is 0.432. The molecule has 0 amide bonds. The van der Waals surface area contributed by atoms with Crippen molar-refractivity contribution in [2.24, 2.45) is 0 Å². The minimum Gasteiger partial charge on any atom is -0.313 e. The Hall–Kier alpha value is -1.67. The molecule has 2 aromatic rings. The maximum atomic E-state index is 4.52. The number of nitrogens with one attached hydrogen (secondary N) is 1. The lowest BCUT2D eigenvalue weighted by atomic mass is 9.92. The number of hydrogen-bond acceptors (Lipinski definition) is 2. The summed E-state index contributed by atoms with van der Waals surface area (Å²) in [5, 5.41) is 3.70. The molecule has 2 unspecified atom stereocenters. The summed E-state index contributed by atoms with van der Waals surface area (Å²) in [6.45, 7) is 5.56. The van der Waals surface area contributed by atoms with Crippen molar-refractivity contribution < 1.29 is 0 Å². The number of hydrogen-bond donors (Lipinski definition) is 1. The smallest absolute Gasteiger partial charge is 0.0447 e. The molecule has 2 heteroatoms. The highest BCUT2D eigenvalue weighted by atomic mass is 14.9. The van der Waals surface area contributed by atoms with Crippen LogP contribution in [0, 0.1) is 0 Å². The lowest BCUT2D eigenvalue weighted by Gasteiger charge is -2.25. The molecule has 0 aliphatic carbocycles. The molecule has 21 heavy (non-hydrogen) atoms.